The summed E-state index contributed by atoms with van der Waals surface area (Å²) in [6, 6.07) is 4.51. The fourth-order valence-corrected chi connectivity index (χ4v) is 1.27. The average molecular weight is 261 g/mol. The Labute approximate surface area is 103 Å². The van der Waals surface area contributed by atoms with E-state index < -0.39 is 11.7 Å². The maximum absolute atomic E-state index is 12.3. The first-order valence-corrected chi connectivity index (χ1v) is 5.44. The number of rotatable bonds is 5. The lowest BCUT2D eigenvalue weighted by atomic mass is 10.2. The van der Waals surface area contributed by atoms with Gasteiger partial charge in [0.25, 0.3) is 0 Å². The van der Waals surface area contributed by atoms with Gasteiger partial charge in [0.05, 0.1) is 12.2 Å². The predicted molar refractivity (Wildman–Crippen MR) is 60.2 cm³/mol. The molecular weight excluding hydrogens is 247 g/mol. The molecule has 0 fully saturated rings. The summed E-state index contributed by atoms with van der Waals surface area (Å²) in [7, 11) is 0. The molecule has 1 aromatic carbocycles. The van der Waals surface area contributed by atoms with Gasteiger partial charge >= 0.3 is 6.18 Å². The fraction of sp³-hybridized carbons (Fsp3) is 0.417. The maximum Gasteiger partial charge on any atom is 0.416 e. The topological polar surface area (TPSA) is 38.3 Å². The predicted octanol–water partition coefficient (Wildman–Crippen LogP) is 2.61. The lowest BCUT2D eigenvalue weighted by molar-refractivity contribution is -0.137. The van der Waals surface area contributed by atoms with Crippen molar-refractivity contribution in [3.63, 3.8) is 0 Å². The lowest BCUT2D eigenvalue weighted by Crippen LogP contribution is -2.22. The molecule has 18 heavy (non-hydrogen) atoms. The van der Waals surface area contributed by atoms with Crippen LogP contribution in [0.1, 0.15) is 18.9 Å². The Kier molecular flexibility index (Phi) is 5.00. The van der Waals surface area contributed by atoms with Crippen molar-refractivity contribution in [2.75, 3.05) is 13.2 Å². The van der Waals surface area contributed by atoms with Crippen LogP contribution in [-0.4, -0.2) is 19.1 Å². The molecule has 0 aromatic heterocycles. The highest BCUT2D eigenvalue weighted by atomic mass is 19.4. The third kappa shape index (κ3) is 5.07. The van der Waals surface area contributed by atoms with Crippen LogP contribution in [0, 0.1) is 0 Å². The summed E-state index contributed by atoms with van der Waals surface area (Å²) in [5, 5.41) is 2.59. The molecule has 0 heterocycles. The summed E-state index contributed by atoms with van der Waals surface area (Å²) >= 11 is 0. The van der Waals surface area contributed by atoms with E-state index in [-0.39, 0.29) is 5.91 Å². The van der Waals surface area contributed by atoms with E-state index in [0.717, 1.165) is 12.1 Å². The summed E-state index contributed by atoms with van der Waals surface area (Å²) < 4.78 is 42.0. The summed E-state index contributed by atoms with van der Waals surface area (Å²) in [6.45, 7) is 2.23. The average Bonchev–Trinajstić information content (AvgIpc) is 2.27. The monoisotopic (exact) mass is 261 g/mol. The number of amides is 1. The summed E-state index contributed by atoms with van der Waals surface area (Å²) in [6.07, 6.45) is -3.73. The standard InChI is InChI=1S/C12H14F3NO2/c1-9(17)16-7-2-8-18-11-5-3-10(4-6-11)12(13,14)15/h3-6H,2,7-8H2,1H3,(H,16,17). The largest absolute Gasteiger partial charge is 0.494 e. The number of nitrogens with one attached hydrogen (secondary N) is 1. The molecule has 100 valence electrons. The number of hydrogen-bond acceptors (Lipinski definition) is 2. The molecule has 0 aliphatic carbocycles. The van der Waals surface area contributed by atoms with Crippen molar-refractivity contribution >= 4 is 5.91 Å². The van der Waals surface area contributed by atoms with Gasteiger partial charge in [0.15, 0.2) is 0 Å². The zero-order chi connectivity index (χ0) is 13.6. The number of carbonyl (C=O) groups is 1. The van der Waals surface area contributed by atoms with E-state index in [1.807, 2.05) is 0 Å². The molecule has 0 saturated carbocycles. The summed E-state index contributed by atoms with van der Waals surface area (Å²) in [5.41, 5.74) is -0.701. The molecule has 0 aliphatic rings. The third-order valence-corrected chi connectivity index (χ3v) is 2.15. The Morgan fingerprint density at radius 2 is 1.89 bits per heavy atom. The zero-order valence-electron chi connectivity index (χ0n) is 9.88. The van der Waals surface area contributed by atoms with Gasteiger partial charge in [0, 0.05) is 13.5 Å². The second-order valence-electron chi connectivity index (χ2n) is 3.71. The van der Waals surface area contributed by atoms with E-state index >= 15 is 0 Å². The third-order valence-electron chi connectivity index (χ3n) is 2.15. The van der Waals surface area contributed by atoms with Crippen molar-refractivity contribution in [1.82, 2.24) is 5.32 Å². The van der Waals surface area contributed by atoms with Crippen LogP contribution in [-0.2, 0) is 11.0 Å². The van der Waals surface area contributed by atoms with Crippen LogP contribution in [0.5, 0.6) is 5.75 Å². The SMILES string of the molecule is CC(=O)NCCCOc1ccc(C(F)(F)F)cc1. The van der Waals surface area contributed by atoms with E-state index in [0.29, 0.717) is 25.3 Å². The number of ether oxygens (including phenoxy) is 1. The molecule has 1 aromatic rings. The van der Waals surface area contributed by atoms with Crippen molar-refractivity contribution in [2.24, 2.45) is 0 Å². The number of alkyl halides is 3. The van der Waals surface area contributed by atoms with Gasteiger partial charge in [-0.3, -0.25) is 4.79 Å². The van der Waals surface area contributed by atoms with Crippen molar-refractivity contribution < 1.29 is 22.7 Å². The number of halogens is 3. The minimum absolute atomic E-state index is 0.121. The Bertz CT molecular complexity index is 387. The molecular formula is C12H14F3NO2. The highest BCUT2D eigenvalue weighted by Crippen LogP contribution is 2.30. The van der Waals surface area contributed by atoms with Gasteiger partial charge in [0.1, 0.15) is 5.75 Å². The minimum Gasteiger partial charge on any atom is -0.494 e. The molecule has 6 heteroatoms. The van der Waals surface area contributed by atoms with E-state index in [4.69, 9.17) is 4.74 Å². The Hall–Kier alpha value is -1.72. The van der Waals surface area contributed by atoms with Crippen LogP contribution in [0.15, 0.2) is 24.3 Å². The molecule has 0 radical (unpaired) electrons. The van der Waals surface area contributed by atoms with Gasteiger partial charge < -0.3 is 10.1 Å². The zero-order valence-corrected chi connectivity index (χ0v) is 9.88. The fourth-order valence-electron chi connectivity index (χ4n) is 1.27. The van der Waals surface area contributed by atoms with Crippen LogP contribution in [0.2, 0.25) is 0 Å². The quantitative estimate of drug-likeness (QED) is 0.827. The molecule has 1 N–H and O–H groups in total. The molecule has 1 amide bonds. The number of benzene rings is 1. The first kappa shape index (κ1) is 14.3. The van der Waals surface area contributed by atoms with E-state index in [9.17, 15) is 18.0 Å². The molecule has 0 unspecified atom stereocenters. The van der Waals surface area contributed by atoms with Crippen LogP contribution in [0.3, 0.4) is 0 Å². The van der Waals surface area contributed by atoms with Gasteiger partial charge in [-0.25, -0.2) is 0 Å². The van der Waals surface area contributed by atoms with E-state index in [1.165, 1.54) is 19.1 Å². The Balaban J connectivity index is 2.33. The lowest BCUT2D eigenvalue weighted by Gasteiger charge is -2.09. The molecule has 0 saturated heterocycles. The van der Waals surface area contributed by atoms with E-state index in [2.05, 4.69) is 5.32 Å². The van der Waals surface area contributed by atoms with Crippen LogP contribution in [0.25, 0.3) is 0 Å². The second-order valence-corrected chi connectivity index (χ2v) is 3.71. The molecule has 0 bridgehead atoms. The van der Waals surface area contributed by atoms with Crippen molar-refractivity contribution in [3.05, 3.63) is 29.8 Å². The summed E-state index contributed by atoms with van der Waals surface area (Å²) in [5.74, 6) is 0.260. The smallest absolute Gasteiger partial charge is 0.416 e. The van der Waals surface area contributed by atoms with Crippen LogP contribution in [0.4, 0.5) is 13.2 Å². The van der Waals surface area contributed by atoms with Gasteiger partial charge in [-0.2, -0.15) is 13.2 Å². The Morgan fingerprint density at radius 3 is 2.39 bits per heavy atom. The van der Waals surface area contributed by atoms with Gasteiger partial charge in [0.2, 0.25) is 5.91 Å². The second kappa shape index (κ2) is 6.28. The van der Waals surface area contributed by atoms with Crippen molar-refractivity contribution in [3.8, 4) is 5.75 Å². The minimum atomic E-state index is -4.33. The first-order valence-electron chi connectivity index (χ1n) is 5.44. The summed E-state index contributed by atoms with van der Waals surface area (Å²) in [4.78, 5) is 10.5. The molecule has 0 aliphatic heterocycles. The van der Waals surface area contributed by atoms with Crippen molar-refractivity contribution in [1.29, 1.82) is 0 Å². The highest BCUT2D eigenvalue weighted by molar-refractivity contribution is 5.72. The van der Waals surface area contributed by atoms with Crippen molar-refractivity contribution in [2.45, 2.75) is 19.5 Å². The van der Waals surface area contributed by atoms with Crippen LogP contribution >= 0.6 is 0 Å². The normalized spacial score (nSPS) is 11.1. The maximum atomic E-state index is 12.3. The molecule has 0 spiro atoms. The number of carbonyl (C=O) groups excluding carboxylic acids is 1. The number of hydrogen-bond donors (Lipinski definition) is 1. The highest BCUT2D eigenvalue weighted by Gasteiger charge is 2.29. The Morgan fingerprint density at radius 1 is 1.28 bits per heavy atom. The molecule has 3 nitrogen and oxygen atoms in total. The molecule has 0 atom stereocenters. The molecule has 1 rings (SSSR count). The van der Waals surface area contributed by atoms with Gasteiger partial charge in [-0.1, -0.05) is 0 Å². The first-order chi connectivity index (χ1) is 8.39. The van der Waals surface area contributed by atoms with Gasteiger partial charge in [-0.05, 0) is 30.7 Å². The van der Waals surface area contributed by atoms with Crippen LogP contribution < -0.4 is 10.1 Å². The van der Waals surface area contributed by atoms with E-state index in [1.54, 1.807) is 0 Å². The van der Waals surface area contributed by atoms with Gasteiger partial charge in [-0.15, -0.1) is 0 Å².